The van der Waals surface area contributed by atoms with Crippen molar-refractivity contribution in [2.24, 2.45) is 0 Å². The van der Waals surface area contributed by atoms with Crippen LogP contribution in [0.4, 0.5) is 0 Å². The Kier molecular flexibility index (Phi) is 3.65. The van der Waals surface area contributed by atoms with Crippen molar-refractivity contribution < 1.29 is 14.7 Å². The van der Waals surface area contributed by atoms with E-state index in [1.807, 2.05) is 30.3 Å². The monoisotopic (exact) mass is 246 g/mol. The van der Waals surface area contributed by atoms with Gasteiger partial charge in [0.15, 0.2) is 0 Å². The van der Waals surface area contributed by atoms with Gasteiger partial charge in [-0.25, -0.2) is 0 Å². The maximum absolute atomic E-state index is 11.1. The number of nitrogens with one attached hydrogen (secondary N) is 1. The van der Waals surface area contributed by atoms with Gasteiger partial charge in [-0.15, -0.1) is 0 Å². The molecule has 1 saturated carbocycles. The van der Waals surface area contributed by atoms with E-state index in [1.165, 1.54) is 5.56 Å². The van der Waals surface area contributed by atoms with E-state index in [9.17, 15) is 14.7 Å². The zero-order valence-electron chi connectivity index (χ0n) is 10.1. The average Bonchev–Trinajstić information content (AvgIpc) is 2.87. The minimum Gasteiger partial charge on any atom is -0.540 e. The van der Waals surface area contributed by atoms with Gasteiger partial charge in [0, 0.05) is 12.0 Å². The number of benzene rings is 1. The first-order valence-corrected chi connectivity index (χ1v) is 6.19. The molecule has 18 heavy (non-hydrogen) atoms. The lowest BCUT2D eigenvalue weighted by Crippen LogP contribution is -2.46. The van der Waals surface area contributed by atoms with Crippen molar-refractivity contribution in [3.8, 4) is 0 Å². The molecule has 1 N–H and O–H groups in total. The van der Waals surface area contributed by atoms with Crippen LogP contribution in [0.3, 0.4) is 0 Å². The fraction of sp³-hybridized carbons (Fsp3) is 0.429. The molecule has 0 aliphatic heterocycles. The van der Waals surface area contributed by atoms with Crippen LogP contribution in [0.15, 0.2) is 30.3 Å². The van der Waals surface area contributed by atoms with Gasteiger partial charge in [0.2, 0.25) is 0 Å². The lowest BCUT2D eigenvalue weighted by atomic mass is 9.79. The molecule has 1 aliphatic rings. The van der Waals surface area contributed by atoms with Crippen LogP contribution >= 0.6 is 0 Å². The van der Waals surface area contributed by atoms with Crippen LogP contribution in [0.5, 0.6) is 0 Å². The molecule has 0 aromatic heterocycles. The lowest BCUT2D eigenvalue weighted by Gasteiger charge is -2.30. The molecule has 1 fully saturated rings. The van der Waals surface area contributed by atoms with Crippen LogP contribution in [0.2, 0.25) is 0 Å². The third-order valence-corrected chi connectivity index (χ3v) is 3.72. The molecule has 1 amide bonds. The van der Waals surface area contributed by atoms with Gasteiger partial charge in [0.25, 0.3) is 5.91 Å². The minimum absolute atomic E-state index is 0.119. The highest BCUT2D eigenvalue weighted by atomic mass is 16.4. The molecule has 1 aromatic rings. The summed E-state index contributed by atoms with van der Waals surface area (Å²) in [4.78, 5) is 21.5. The molecular weight excluding hydrogens is 230 g/mol. The number of amides is 1. The predicted molar refractivity (Wildman–Crippen MR) is 64.6 cm³/mol. The quantitative estimate of drug-likeness (QED) is 0.783. The van der Waals surface area contributed by atoms with Gasteiger partial charge in [-0.1, -0.05) is 43.2 Å². The molecule has 4 heteroatoms. The summed E-state index contributed by atoms with van der Waals surface area (Å²) in [6.45, 7) is 0.365. The summed E-state index contributed by atoms with van der Waals surface area (Å²) >= 11 is 0. The van der Waals surface area contributed by atoms with Crippen LogP contribution in [0.25, 0.3) is 0 Å². The number of aliphatic carboxylic acids is 1. The van der Waals surface area contributed by atoms with Gasteiger partial charge in [-0.2, -0.15) is 0 Å². The molecule has 0 heterocycles. The molecule has 2 rings (SSSR count). The molecule has 0 unspecified atom stereocenters. The van der Waals surface area contributed by atoms with E-state index in [-0.39, 0.29) is 5.41 Å². The van der Waals surface area contributed by atoms with Crippen molar-refractivity contribution in [1.82, 2.24) is 5.32 Å². The largest absolute Gasteiger partial charge is 0.540 e. The zero-order valence-corrected chi connectivity index (χ0v) is 10.1. The third-order valence-electron chi connectivity index (χ3n) is 3.72. The van der Waals surface area contributed by atoms with E-state index in [0.29, 0.717) is 6.54 Å². The van der Waals surface area contributed by atoms with Crippen LogP contribution in [0.1, 0.15) is 31.2 Å². The molecule has 1 aromatic carbocycles. The van der Waals surface area contributed by atoms with Gasteiger partial charge in [0.05, 0.1) is 0 Å². The highest BCUT2D eigenvalue weighted by molar-refractivity contribution is 6.30. The summed E-state index contributed by atoms with van der Waals surface area (Å²) in [5, 5.41) is 12.9. The van der Waals surface area contributed by atoms with Crippen LogP contribution < -0.4 is 10.4 Å². The zero-order chi connectivity index (χ0) is 13.0. The first-order valence-electron chi connectivity index (χ1n) is 6.19. The van der Waals surface area contributed by atoms with E-state index in [1.54, 1.807) is 0 Å². The number of carbonyl (C=O) groups excluding carboxylic acids is 2. The maximum Gasteiger partial charge on any atom is 0.267 e. The van der Waals surface area contributed by atoms with E-state index < -0.39 is 11.9 Å². The summed E-state index contributed by atoms with van der Waals surface area (Å²) in [5.74, 6) is -2.70. The lowest BCUT2D eigenvalue weighted by molar-refractivity contribution is -0.300. The fourth-order valence-electron chi connectivity index (χ4n) is 2.73. The first-order chi connectivity index (χ1) is 8.64. The van der Waals surface area contributed by atoms with Gasteiger partial charge in [-0.05, 0) is 18.4 Å². The predicted octanol–water partition coefficient (Wildman–Crippen LogP) is 0.365. The van der Waals surface area contributed by atoms with E-state index in [2.05, 4.69) is 5.32 Å². The summed E-state index contributed by atoms with van der Waals surface area (Å²) in [7, 11) is 0. The summed E-state index contributed by atoms with van der Waals surface area (Å²) in [6.07, 6.45) is 4.17. The molecular formula is C14H16NO3-. The summed E-state index contributed by atoms with van der Waals surface area (Å²) in [5.41, 5.74) is 1.05. The summed E-state index contributed by atoms with van der Waals surface area (Å²) in [6, 6.07) is 9.96. The van der Waals surface area contributed by atoms with Crippen molar-refractivity contribution in [3.63, 3.8) is 0 Å². The van der Waals surface area contributed by atoms with Gasteiger partial charge >= 0.3 is 0 Å². The topological polar surface area (TPSA) is 69.2 Å². The van der Waals surface area contributed by atoms with Gasteiger partial charge < -0.3 is 15.2 Å². The van der Waals surface area contributed by atoms with E-state index in [4.69, 9.17) is 0 Å². The molecule has 0 saturated heterocycles. The number of hydrogen-bond donors (Lipinski definition) is 1. The number of carboxylic acids is 1. The minimum atomic E-state index is -1.67. The van der Waals surface area contributed by atoms with Crippen molar-refractivity contribution >= 4 is 11.9 Å². The number of carbonyl (C=O) groups is 2. The standard InChI is InChI=1S/C14H17NO3/c16-12(13(17)18)15-10-14(8-4-5-9-14)11-6-2-1-3-7-11/h1-3,6-7H,4-5,8-10H2,(H,15,16)(H,17,18)/p-1. The first kappa shape index (κ1) is 12.6. The van der Waals surface area contributed by atoms with E-state index >= 15 is 0 Å². The highest BCUT2D eigenvalue weighted by Gasteiger charge is 2.35. The molecule has 4 nitrogen and oxygen atoms in total. The van der Waals surface area contributed by atoms with Crippen molar-refractivity contribution in [2.45, 2.75) is 31.1 Å². The van der Waals surface area contributed by atoms with Crippen molar-refractivity contribution in [1.29, 1.82) is 0 Å². The van der Waals surface area contributed by atoms with Crippen LogP contribution in [-0.2, 0) is 15.0 Å². The Morgan fingerprint density at radius 3 is 2.33 bits per heavy atom. The van der Waals surface area contributed by atoms with Gasteiger partial charge in [-0.3, -0.25) is 4.79 Å². The molecule has 1 aliphatic carbocycles. The smallest absolute Gasteiger partial charge is 0.267 e. The molecule has 0 bridgehead atoms. The summed E-state index contributed by atoms with van der Waals surface area (Å²) < 4.78 is 0. The molecule has 0 spiro atoms. The van der Waals surface area contributed by atoms with Crippen molar-refractivity contribution in [3.05, 3.63) is 35.9 Å². The van der Waals surface area contributed by atoms with E-state index in [0.717, 1.165) is 25.7 Å². The highest BCUT2D eigenvalue weighted by Crippen LogP contribution is 2.40. The Morgan fingerprint density at radius 2 is 1.78 bits per heavy atom. The Hall–Kier alpha value is -1.84. The Balaban J connectivity index is 2.13. The molecule has 0 atom stereocenters. The van der Waals surface area contributed by atoms with Crippen LogP contribution in [-0.4, -0.2) is 18.4 Å². The second kappa shape index (κ2) is 5.21. The van der Waals surface area contributed by atoms with Gasteiger partial charge in [0.1, 0.15) is 5.97 Å². The molecule has 96 valence electrons. The number of rotatable bonds is 3. The molecule has 0 radical (unpaired) electrons. The Bertz CT molecular complexity index is 436. The maximum atomic E-state index is 11.1. The normalized spacial score (nSPS) is 17.3. The average molecular weight is 246 g/mol. The number of hydrogen-bond acceptors (Lipinski definition) is 3. The van der Waals surface area contributed by atoms with Crippen LogP contribution in [0, 0.1) is 0 Å². The Morgan fingerprint density at radius 1 is 1.17 bits per heavy atom. The fourth-order valence-corrected chi connectivity index (χ4v) is 2.73. The number of carboxylic acid groups (broad SMARTS) is 1. The SMILES string of the molecule is O=C([O-])C(=O)NCC1(c2ccccc2)CCCC1. The van der Waals surface area contributed by atoms with Crippen molar-refractivity contribution in [2.75, 3.05) is 6.54 Å². The second-order valence-electron chi connectivity index (χ2n) is 4.82. The Labute approximate surface area is 106 Å². The second-order valence-corrected chi connectivity index (χ2v) is 4.82. The third kappa shape index (κ3) is 2.53.